The number of carboxylic acids is 1. The van der Waals surface area contributed by atoms with Crippen LogP contribution >= 0.6 is 46.6 Å². The predicted molar refractivity (Wildman–Crippen MR) is 143 cm³/mol. The highest BCUT2D eigenvalue weighted by Crippen LogP contribution is 2.37. The maximum Gasteiger partial charge on any atom is 0.323 e. The molecule has 0 unspecified atom stereocenters. The summed E-state index contributed by atoms with van der Waals surface area (Å²) < 4.78 is 13.4. The van der Waals surface area contributed by atoms with E-state index in [-0.39, 0.29) is 4.32 Å². The van der Waals surface area contributed by atoms with Gasteiger partial charge in [0.05, 0.1) is 11.5 Å². The molecule has 6 nitrogen and oxygen atoms in total. The van der Waals surface area contributed by atoms with E-state index in [1.807, 2.05) is 43.3 Å². The first-order chi connectivity index (χ1) is 15.8. The van der Waals surface area contributed by atoms with Crippen LogP contribution in [0.4, 0.5) is 0 Å². The Kier molecular flexibility index (Phi) is 8.93. The zero-order valence-electron chi connectivity index (χ0n) is 17.9. The van der Waals surface area contributed by atoms with Crippen LogP contribution in [-0.2, 0) is 22.6 Å². The van der Waals surface area contributed by atoms with Crippen molar-refractivity contribution in [3.8, 4) is 11.5 Å². The van der Waals surface area contributed by atoms with E-state index in [0.29, 0.717) is 36.0 Å². The second-order valence-corrected chi connectivity index (χ2v) is 9.93. The van der Waals surface area contributed by atoms with Crippen molar-refractivity contribution in [2.75, 3.05) is 13.2 Å². The number of thioether (sulfide) groups is 1. The molecule has 0 aromatic heterocycles. The molecule has 3 rings (SSSR count). The van der Waals surface area contributed by atoms with Crippen molar-refractivity contribution in [2.45, 2.75) is 20.0 Å². The van der Waals surface area contributed by atoms with Gasteiger partial charge in [0, 0.05) is 9.13 Å². The van der Waals surface area contributed by atoms with Gasteiger partial charge in [0.25, 0.3) is 5.91 Å². The minimum Gasteiger partial charge on any atom is -0.490 e. The van der Waals surface area contributed by atoms with Crippen LogP contribution in [0, 0.1) is 3.57 Å². The van der Waals surface area contributed by atoms with Crippen molar-refractivity contribution in [2.24, 2.45) is 0 Å². The summed E-state index contributed by atoms with van der Waals surface area (Å²) in [5.74, 6) is -0.343. The highest BCUT2D eigenvalue weighted by molar-refractivity contribution is 14.1. The van der Waals surface area contributed by atoms with E-state index in [0.717, 1.165) is 36.9 Å². The molecule has 33 heavy (non-hydrogen) atoms. The Morgan fingerprint density at radius 2 is 2.00 bits per heavy atom. The predicted octanol–water partition coefficient (Wildman–Crippen LogP) is 5.28. The molecule has 0 atom stereocenters. The molecular weight excluding hydrogens is 573 g/mol. The Bertz CT molecular complexity index is 1110. The molecule has 172 valence electrons. The molecule has 0 saturated carbocycles. The molecule has 0 spiro atoms. The molecule has 0 bridgehead atoms. The summed E-state index contributed by atoms with van der Waals surface area (Å²) >= 11 is 8.52. The lowest BCUT2D eigenvalue weighted by Gasteiger charge is -2.17. The number of benzene rings is 2. The maximum absolute atomic E-state index is 12.6. The van der Waals surface area contributed by atoms with Gasteiger partial charge in [-0.25, -0.2) is 0 Å². The third-order valence-corrected chi connectivity index (χ3v) is 6.68. The summed E-state index contributed by atoms with van der Waals surface area (Å²) in [6.07, 6.45) is 4.02. The van der Waals surface area contributed by atoms with E-state index in [1.54, 1.807) is 12.2 Å². The summed E-state index contributed by atoms with van der Waals surface area (Å²) in [6.45, 7) is 6.10. The molecule has 2 aromatic carbocycles. The van der Waals surface area contributed by atoms with Gasteiger partial charge in [-0.1, -0.05) is 42.2 Å². The molecule has 0 radical (unpaired) electrons. The number of nitrogens with zero attached hydrogens (tertiary/aromatic N) is 1. The minimum atomic E-state index is -1.12. The summed E-state index contributed by atoms with van der Waals surface area (Å²) in [4.78, 5) is 25.1. The fraction of sp³-hybridized carbons (Fsp3) is 0.208. The van der Waals surface area contributed by atoms with Crippen molar-refractivity contribution in [1.82, 2.24) is 4.90 Å². The van der Waals surface area contributed by atoms with Crippen LogP contribution in [0.25, 0.3) is 6.08 Å². The van der Waals surface area contributed by atoms with Gasteiger partial charge in [-0.15, -0.1) is 6.58 Å². The van der Waals surface area contributed by atoms with Crippen molar-refractivity contribution >= 4 is 68.8 Å². The second-order valence-electron chi connectivity index (χ2n) is 7.01. The standard InChI is InChI=1S/C24H22INO5S2/c1-3-5-17-10-16(12-20-23(29)26(13-21(27)28)24(32)33-20)11-19(30-4-2)22(17)31-14-15-6-8-18(25)9-7-15/h3,6-12H,1,4-5,13-14H2,2H3,(H,27,28)/b20-12+. The lowest BCUT2D eigenvalue weighted by molar-refractivity contribution is -0.140. The maximum atomic E-state index is 12.6. The van der Waals surface area contributed by atoms with Crippen LogP contribution in [0.2, 0.25) is 0 Å². The Hall–Kier alpha value is -2.37. The molecule has 9 heteroatoms. The summed E-state index contributed by atoms with van der Waals surface area (Å²) in [5.41, 5.74) is 2.63. The number of carbonyl (C=O) groups excluding carboxylic acids is 1. The van der Waals surface area contributed by atoms with Crippen LogP contribution < -0.4 is 9.47 Å². The van der Waals surface area contributed by atoms with Crippen LogP contribution in [-0.4, -0.2) is 39.4 Å². The number of halogens is 1. The lowest BCUT2D eigenvalue weighted by atomic mass is 10.0. The van der Waals surface area contributed by atoms with Gasteiger partial charge < -0.3 is 14.6 Å². The monoisotopic (exact) mass is 595 g/mol. The van der Waals surface area contributed by atoms with E-state index in [1.165, 1.54) is 0 Å². The first kappa shape index (κ1) is 25.3. The van der Waals surface area contributed by atoms with Crippen molar-refractivity contribution in [1.29, 1.82) is 0 Å². The van der Waals surface area contributed by atoms with Gasteiger partial charge in [0.1, 0.15) is 17.5 Å². The number of carbonyl (C=O) groups is 2. The number of ether oxygens (including phenoxy) is 2. The van der Waals surface area contributed by atoms with Gasteiger partial charge in [0.2, 0.25) is 0 Å². The molecule has 1 N–H and O–H groups in total. The minimum absolute atomic E-state index is 0.225. The molecule has 1 aliphatic heterocycles. The molecular formula is C24H22INO5S2. The molecule has 0 aliphatic carbocycles. The van der Waals surface area contributed by atoms with Crippen molar-refractivity contribution < 1.29 is 24.2 Å². The molecule has 1 heterocycles. The number of hydrogen-bond acceptors (Lipinski definition) is 6. The Balaban J connectivity index is 1.93. The normalized spacial score (nSPS) is 14.6. The summed E-state index contributed by atoms with van der Waals surface area (Å²) in [6, 6.07) is 11.8. The molecule has 1 saturated heterocycles. The highest BCUT2D eigenvalue weighted by Gasteiger charge is 2.33. The number of hydrogen-bond donors (Lipinski definition) is 1. The molecule has 1 fully saturated rings. The van der Waals surface area contributed by atoms with E-state index in [9.17, 15) is 9.59 Å². The quantitative estimate of drug-likeness (QED) is 0.173. The van der Waals surface area contributed by atoms with E-state index in [2.05, 4.69) is 29.2 Å². The number of allylic oxidation sites excluding steroid dienone is 1. The highest BCUT2D eigenvalue weighted by atomic mass is 127. The Morgan fingerprint density at radius 3 is 2.64 bits per heavy atom. The SMILES string of the molecule is C=CCc1cc(/C=C2/SC(=S)N(CC(=O)O)C2=O)cc(OCC)c1OCc1ccc(I)cc1. The average Bonchev–Trinajstić information content (AvgIpc) is 3.02. The fourth-order valence-corrected chi connectivity index (χ4v) is 4.77. The zero-order valence-corrected chi connectivity index (χ0v) is 21.7. The van der Waals surface area contributed by atoms with Gasteiger partial charge >= 0.3 is 5.97 Å². The average molecular weight is 595 g/mol. The van der Waals surface area contributed by atoms with E-state index >= 15 is 0 Å². The number of rotatable bonds is 10. The summed E-state index contributed by atoms with van der Waals surface area (Å²) in [7, 11) is 0. The molecule has 1 amide bonds. The largest absolute Gasteiger partial charge is 0.490 e. The number of thiocarbonyl (C=S) groups is 1. The number of amides is 1. The van der Waals surface area contributed by atoms with Gasteiger partial charge in [0.15, 0.2) is 11.5 Å². The first-order valence-corrected chi connectivity index (χ1v) is 12.4. The van der Waals surface area contributed by atoms with Crippen molar-refractivity contribution in [3.05, 3.63) is 74.2 Å². The van der Waals surface area contributed by atoms with E-state index < -0.39 is 18.4 Å². The third kappa shape index (κ3) is 6.58. The number of carboxylic acid groups (broad SMARTS) is 1. The first-order valence-electron chi connectivity index (χ1n) is 10.1. The molecule has 2 aromatic rings. The van der Waals surface area contributed by atoms with Crippen LogP contribution in [0.3, 0.4) is 0 Å². The lowest BCUT2D eigenvalue weighted by Crippen LogP contribution is -2.33. The van der Waals surface area contributed by atoms with Gasteiger partial charge in [-0.3, -0.25) is 14.5 Å². The molecule has 1 aliphatic rings. The van der Waals surface area contributed by atoms with E-state index in [4.69, 9.17) is 26.8 Å². The Morgan fingerprint density at radius 1 is 1.27 bits per heavy atom. The smallest absolute Gasteiger partial charge is 0.323 e. The zero-order chi connectivity index (χ0) is 24.0. The van der Waals surface area contributed by atoms with Gasteiger partial charge in [-0.05, 0) is 77.4 Å². The summed E-state index contributed by atoms with van der Waals surface area (Å²) in [5, 5.41) is 9.03. The van der Waals surface area contributed by atoms with Gasteiger partial charge in [-0.2, -0.15) is 0 Å². The second kappa shape index (κ2) is 11.7. The van der Waals surface area contributed by atoms with Crippen LogP contribution in [0.5, 0.6) is 11.5 Å². The third-order valence-electron chi connectivity index (χ3n) is 4.58. The van der Waals surface area contributed by atoms with Crippen LogP contribution in [0.1, 0.15) is 23.6 Å². The van der Waals surface area contributed by atoms with Crippen LogP contribution in [0.15, 0.2) is 54.0 Å². The topological polar surface area (TPSA) is 76.1 Å². The fourth-order valence-electron chi connectivity index (χ4n) is 3.16. The number of aliphatic carboxylic acids is 1. The Labute approximate surface area is 215 Å². The van der Waals surface area contributed by atoms with Crippen molar-refractivity contribution in [3.63, 3.8) is 0 Å².